The van der Waals surface area contributed by atoms with Crippen LogP contribution >= 0.6 is 0 Å². The van der Waals surface area contributed by atoms with E-state index in [1.165, 1.54) is 24.3 Å². The van der Waals surface area contributed by atoms with Gasteiger partial charge in [-0.1, -0.05) is 23.4 Å². The molecule has 0 radical (unpaired) electrons. The lowest BCUT2D eigenvalue weighted by molar-refractivity contribution is -0.385. The van der Waals surface area contributed by atoms with E-state index in [2.05, 4.69) is 5.16 Å². The van der Waals surface area contributed by atoms with E-state index in [0.29, 0.717) is 17.1 Å². The van der Waals surface area contributed by atoms with Gasteiger partial charge in [0, 0.05) is 29.4 Å². The normalized spacial score (nSPS) is 12.6. The number of nitrogens with zero attached hydrogens (tertiary/aromatic N) is 4. The van der Waals surface area contributed by atoms with Crippen molar-refractivity contribution in [3.63, 3.8) is 0 Å². The van der Waals surface area contributed by atoms with Crippen molar-refractivity contribution < 1.29 is 14.7 Å². The van der Waals surface area contributed by atoms with Crippen molar-refractivity contribution in [3.05, 3.63) is 98.6 Å². The van der Waals surface area contributed by atoms with Crippen molar-refractivity contribution in [1.29, 1.82) is 0 Å². The highest BCUT2D eigenvalue weighted by Gasteiger charge is 2.28. The first-order valence-corrected chi connectivity index (χ1v) is 8.18. The van der Waals surface area contributed by atoms with Crippen LogP contribution in [0.1, 0.15) is 5.56 Å². The Morgan fingerprint density at radius 2 is 1.46 bits per heavy atom. The highest BCUT2D eigenvalue weighted by atomic mass is 16.6. The summed E-state index contributed by atoms with van der Waals surface area (Å²) in [5.74, 6) is 0.645. The number of para-hydroxylation sites is 1. The molecule has 0 saturated carbocycles. The Bertz CT molecular complexity index is 1100. The number of oxime groups is 1. The molecule has 3 aromatic carbocycles. The molecule has 0 amide bonds. The van der Waals surface area contributed by atoms with Gasteiger partial charge in [-0.05, 0) is 30.3 Å². The predicted molar refractivity (Wildman–Crippen MR) is 102 cm³/mol. The molecule has 4 rings (SSSR count). The van der Waals surface area contributed by atoms with Crippen LogP contribution in [0.5, 0.6) is 5.75 Å². The quantitative estimate of drug-likeness (QED) is 0.493. The number of non-ortho nitro benzene ring substituents is 2. The third-order valence-corrected chi connectivity index (χ3v) is 4.19. The van der Waals surface area contributed by atoms with Gasteiger partial charge in [0.05, 0.1) is 21.6 Å². The van der Waals surface area contributed by atoms with Gasteiger partial charge in [-0.3, -0.25) is 25.1 Å². The molecule has 0 aliphatic carbocycles. The van der Waals surface area contributed by atoms with Crippen LogP contribution in [0.4, 0.5) is 22.7 Å². The second-order valence-electron chi connectivity index (χ2n) is 5.89. The summed E-state index contributed by atoms with van der Waals surface area (Å²) in [4.78, 5) is 28.2. The fourth-order valence-corrected chi connectivity index (χ4v) is 2.87. The summed E-state index contributed by atoms with van der Waals surface area (Å²) in [6, 6.07) is 19.5. The number of fused-ring (bicyclic) bond motifs is 1. The second-order valence-corrected chi connectivity index (χ2v) is 5.89. The van der Waals surface area contributed by atoms with Gasteiger partial charge in [-0.25, -0.2) is 0 Å². The topological polar surface area (TPSA) is 111 Å². The van der Waals surface area contributed by atoms with E-state index in [0.717, 1.165) is 5.69 Å². The minimum absolute atomic E-state index is 0.0386. The third-order valence-electron chi connectivity index (χ3n) is 4.19. The molecule has 1 heterocycles. The molecule has 9 nitrogen and oxygen atoms in total. The highest BCUT2D eigenvalue weighted by molar-refractivity contribution is 6.15. The van der Waals surface area contributed by atoms with Gasteiger partial charge in [0.2, 0.25) is 0 Å². The van der Waals surface area contributed by atoms with Crippen LogP contribution in [0.25, 0.3) is 0 Å². The largest absolute Gasteiger partial charge is 0.352 e. The van der Waals surface area contributed by atoms with Gasteiger partial charge < -0.3 is 4.84 Å². The van der Waals surface area contributed by atoms with Crippen LogP contribution in [-0.4, -0.2) is 15.7 Å². The van der Waals surface area contributed by atoms with Crippen LogP contribution < -0.4 is 9.74 Å². The van der Waals surface area contributed by atoms with Crippen LogP contribution in [-0.2, 0) is 0 Å². The molecule has 3 aromatic rings. The molecule has 0 unspecified atom stereocenters. The van der Waals surface area contributed by atoms with Gasteiger partial charge in [0.25, 0.3) is 11.4 Å². The summed E-state index contributed by atoms with van der Waals surface area (Å²) in [5, 5.41) is 26.1. The summed E-state index contributed by atoms with van der Waals surface area (Å²) in [6.07, 6.45) is 0. The number of benzene rings is 3. The molecule has 0 aromatic heterocycles. The molecule has 28 heavy (non-hydrogen) atoms. The minimum atomic E-state index is -0.508. The molecule has 0 saturated heterocycles. The van der Waals surface area contributed by atoms with E-state index in [1.54, 1.807) is 23.1 Å². The average molecular weight is 376 g/mol. The summed E-state index contributed by atoms with van der Waals surface area (Å²) in [7, 11) is 0. The zero-order chi connectivity index (χ0) is 19.7. The van der Waals surface area contributed by atoms with E-state index < -0.39 is 9.85 Å². The summed E-state index contributed by atoms with van der Waals surface area (Å²) < 4.78 is 0. The molecule has 1 aliphatic rings. The van der Waals surface area contributed by atoms with Crippen molar-refractivity contribution >= 4 is 28.6 Å². The first-order valence-electron chi connectivity index (χ1n) is 8.18. The molecule has 0 fully saturated rings. The van der Waals surface area contributed by atoms with Crippen molar-refractivity contribution in [2.75, 3.05) is 4.90 Å². The van der Waals surface area contributed by atoms with E-state index in [4.69, 9.17) is 4.84 Å². The molecule has 1 aliphatic heterocycles. The number of rotatable bonds is 4. The average Bonchev–Trinajstić information content (AvgIpc) is 2.73. The Morgan fingerprint density at radius 1 is 0.821 bits per heavy atom. The SMILES string of the molecule is O=[N+]([O-])c1ccc(C2=NOc3cc([N+](=O)[O-])ccc3N2c2ccccc2)cc1. The van der Waals surface area contributed by atoms with E-state index >= 15 is 0 Å². The van der Waals surface area contributed by atoms with Crippen LogP contribution in [0.15, 0.2) is 78.0 Å². The second kappa shape index (κ2) is 6.80. The highest BCUT2D eigenvalue weighted by Crippen LogP contribution is 2.40. The van der Waals surface area contributed by atoms with Crippen LogP contribution in [0.3, 0.4) is 0 Å². The fourth-order valence-electron chi connectivity index (χ4n) is 2.87. The zero-order valence-corrected chi connectivity index (χ0v) is 14.3. The minimum Gasteiger partial charge on any atom is -0.352 e. The number of anilines is 2. The van der Waals surface area contributed by atoms with E-state index in [-0.39, 0.29) is 17.1 Å². The standard InChI is InChI=1S/C19H12N4O5/c24-22(25)15-8-6-13(7-9-15)19-20-28-18-12-16(23(26)27)10-11-17(18)21(19)14-4-2-1-3-5-14/h1-12H. The Balaban J connectivity index is 1.84. The molecular weight excluding hydrogens is 364 g/mol. The van der Waals surface area contributed by atoms with Gasteiger partial charge in [-0.2, -0.15) is 0 Å². The first-order chi connectivity index (χ1) is 13.5. The summed E-state index contributed by atoms with van der Waals surface area (Å²) in [6.45, 7) is 0. The maximum absolute atomic E-state index is 11.1. The van der Waals surface area contributed by atoms with Crippen LogP contribution in [0.2, 0.25) is 0 Å². The van der Waals surface area contributed by atoms with Crippen molar-refractivity contribution in [3.8, 4) is 5.75 Å². The monoisotopic (exact) mass is 376 g/mol. The van der Waals surface area contributed by atoms with Crippen molar-refractivity contribution in [1.82, 2.24) is 0 Å². The lowest BCUT2D eigenvalue weighted by Gasteiger charge is -2.30. The lowest BCUT2D eigenvalue weighted by Crippen LogP contribution is -2.30. The number of hydrogen-bond donors (Lipinski definition) is 0. The lowest BCUT2D eigenvalue weighted by atomic mass is 10.1. The fraction of sp³-hybridized carbons (Fsp3) is 0. The Morgan fingerprint density at radius 3 is 2.11 bits per heavy atom. The van der Waals surface area contributed by atoms with Gasteiger partial charge >= 0.3 is 0 Å². The number of amidine groups is 1. The number of hydrogen-bond acceptors (Lipinski definition) is 7. The molecule has 0 bridgehead atoms. The van der Waals surface area contributed by atoms with Crippen molar-refractivity contribution in [2.45, 2.75) is 0 Å². The number of nitro benzene ring substituents is 2. The van der Waals surface area contributed by atoms with Gasteiger partial charge in [0.1, 0.15) is 0 Å². The Labute approximate surface area is 158 Å². The molecule has 0 spiro atoms. The molecule has 0 atom stereocenters. The predicted octanol–water partition coefficient (Wildman–Crippen LogP) is 4.40. The van der Waals surface area contributed by atoms with Crippen LogP contribution in [0, 0.1) is 20.2 Å². The van der Waals surface area contributed by atoms with E-state index in [1.807, 2.05) is 30.3 Å². The molecule has 0 N–H and O–H groups in total. The molecule has 9 heteroatoms. The smallest absolute Gasteiger partial charge is 0.273 e. The van der Waals surface area contributed by atoms with Crippen molar-refractivity contribution in [2.24, 2.45) is 5.16 Å². The first kappa shape index (κ1) is 17.2. The maximum Gasteiger partial charge on any atom is 0.273 e. The Hall–Kier alpha value is -4.27. The van der Waals surface area contributed by atoms with Gasteiger partial charge in [-0.15, -0.1) is 0 Å². The van der Waals surface area contributed by atoms with E-state index in [9.17, 15) is 20.2 Å². The maximum atomic E-state index is 11.1. The zero-order valence-electron chi connectivity index (χ0n) is 14.3. The Kier molecular flexibility index (Phi) is 4.17. The molecule has 138 valence electrons. The molecular formula is C19H12N4O5. The summed E-state index contributed by atoms with van der Waals surface area (Å²) >= 11 is 0. The third kappa shape index (κ3) is 3.01. The number of nitro groups is 2. The summed E-state index contributed by atoms with van der Waals surface area (Å²) in [5.41, 5.74) is 1.78. The van der Waals surface area contributed by atoms with Gasteiger partial charge in [0.15, 0.2) is 11.6 Å².